The van der Waals surface area contributed by atoms with E-state index >= 15 is 0 Å². The van der Waals surface area contributed by atoms with Crippen LogP contribution in [0.2, 0.25) is 0 Å². The predicted molar refractivity (Wildman–Crippen MR) is 80.5 cm³/mol. The molecule has 4 heteroatoms. The van der Waals surface area contributed by atoms with E-state index in [4.69, 9.17) is 10.7 Å². The molecule has 1 atom stereocenters. The van der Waals surface area contributed by atoms with Crippen molar-refractivity contribution in [3.8, 4) is 0 Å². The molecule has 1 aromatic rings. The third-order valence-electron chi connectivity index (χ3n) is 3.89. The Kier molecular flexibility index (Phi) is 4.86. The van der Waals surface area contributed by atoms with Gasteiger partial charge in [-0.25, -0.2) is 4.98 Å². The van der Waals surface area contributed by atoms with Crippen molar-refractivity contribution < 1.29 is 0 Å². The van der Waals surface area contributed by atoms with Crippen molar-refractivity contribution in [1.82, 2.24) is 9.55 Å². The van der Waals surface area contributed by atoms with Gasteiger partial charge in [-0.2, -0.15) is 0 Å². The Morgan fingerprint density at radius 2 is 2.21 bits per heavy atom. The zero-order chi connectivity index (χ0) is 13.8. The molecule has 19 heavy (non-hydrogen) atoms. The summed E-state index contributed by atoms with van der Waals surface area (Å²) >= 11 is 0. The maximum Gasteiger partial charge on any atom is 0.206 e. The molecule has 1 fully saturated rings. The summed E-state index contributed by atoms with van der Waals surface area (Å²) < 4.78 is 2.33. The van der Waals surface area contributed by atoms with Crippen LogP contribution in [0.1, 0.15) is 45.7 Å². The minimum atomic E-state index is 0.465. The number of hydrogen-bond acceptors (Lipinski definition) is 3. The quantitative estimate of drug-likeness (QED) is 0.888. The molecule has 0 saturated carbocycles. The molecule has 108 valence electrons. The maximum absolute atomic E-state index is 5.94. The number of imidazole rings is 1. The lowest BCUT2D eigenvalue weighted by Crippen LogP contribution is -2.45. The summed E-state index contributed by atoms with van der Waals surface area (Å²) in [5, 5.41) is 0. The van der Waals surface area contributed by atoms with Crippen LogP contribution in [-0.4, -0.2) is 28.7 Å². The third-order valence-corrected chi connectivity index (χ3v) is 3.89. The van der Waals surface area contributed by atoms with Gasteiger partial charge in [0.2, 0.25) is 5.95 Å². The summed E-state index contributed by atoms with van der Waals surface area (Å²) in [6, 6.07) is 0.465. The Hall–Kier alpha value is -1.03. The molecule has 1 unspecified atom stereocenters. The van der Waals surface area contributed by atoms with Gasteiger partial charge >= 0.3 is 0 Å². The van der Waals surface area contributed by atoms with E-state index < -0.39 is 0 Å². The topological polar surface area (TPSA) is 47.1 Å². The predicted octanol–water partition coefficient (Wildman–Crippen LogP) is 2.42. The van der Waals surface area contributed by atoms with E-state index in [1.54, 1.807) is 0 Å². The number of piperidine rings is 1. The molecule has 0 amide bonds. The summed E-state index contributed by atoms with van der Waals surface area (Å²) in [4.78, 5) is 7.27. The number of nitrogens with zero attached hydrogens (tertiary/aromatic N) is 3. The summed E-state index contributed by atoms with van der Waals surface area (Å²) in [6.07, 6.45) is 6.97. The number of hydrogen-bond donors (Lipinski definition) is 1. The van der Waals surface area contributed by atoms with Gasteiger partial charge in [0.15, 0.2) is 0 Å². The van der Waals surface area contributed by atoms with E-state index in [0.717, 1.165) is 32.0 Å². The van der Waals surface area contributed by atoms with Crippen LogP contribution in [0, 0.1) is 5.92 Å². The van der Waals surface area contributed by atoms with Crippen molar-refractivity contribution in [2.45, 2.75) is 59.0 Å². The average Bonchev–Trinajstić information content (AvgIpc) is 2.80. The fourth-order valence-corrected chi connectivity index (χ4v) is 2.90. The zero-order valence-electron chi connectivity index (χ0n) is 12.6. The lowest BCUT2D eigenvalue weighted by Gasteiger charge is -2.36. The first-order valence-electron chi connectivity index (χ1n) is 7.68. The van der Waals surface area contributed by atoms with Crippen LogP contribution >= 0.6 is 0 Å². The molecular formula is C15H28N4. The van der Waals surface area contributed by atoms with Crippen LogP contribution < -0.4 is 10.6 Å². The molecule has 2 rings (SSSR count). The Morgan fingerprint density at radius 1 is 1.42 bits per heavy atom. The molecule has 2 heterocycles. The minimum absolute atomic E-state index is 0.465. The van der Waals surface area contributed by atoms with Crippen LogP contribution in [0.5, 0.6) is 0 Å². The van der Waals surface area contributed by atoms with Crippen molar-refractivity contribution >= 4 is 5.95 Å². The molecule has 0 aromatic carbocycles. The molecule has 4 nitrogen and oxygen atoms in total. The highest BCUT2D eigenvalue weighted by atomic mass is 15.3. The van der Waals surface area contributed by atoms with Crippen molar-refractivity contribution in [3.05, 3.63) is 11.9 Å². The highest BCUT2D eigenvalue weighted by Gasteiger charge is 2.25. The molecular weight excluding hydrogens is 236 g/mol. The molecule has 1 aliphatic heterocycles. The van der Waals surface area contributed by atoms with Crippen molar-refractivity contribution in [2.24, 2.45) is 11.7 Å². The van der Waals surface area contributed by atoms with Crippen molar-refractivity contribution in [3.63, 3.8) is 0 Å². The van der Waals surface area contributed by atoms with Gasteiger partial charge in [0.1, 0.15) is 0 Å². The SMILES string of the molecule is CCc1cn(CC(C)C)c(N2CCCCC2CN)n1. The van der Waals surface area contributed by atoms with E-state index in [1.807, 2.05) is 0 Å². The Bertz CT molecular complexity index is 397. The zero-order valence-corrected chi connectivity index (χ0v) is 12.6. The summed E-state index contributed by atoms with van der Waals surface area (Å²) in [7, 11) is 0. The molecule has 0 aliphatic carbocycles. The lowest BCUT2D eigenvalue weighted by atomic mass is 10.0. The molecule has 0 radical (unpaired) electrons. The van der Waals surface area contributed by atoms with Crippen LogP contribution in [0.15, 0.2) is 6.20 Å². The van der Waals surface area contributed by atoms with E-state index in [2.05, 4.69) is 36.4 Å². The first-order valence-corrected chi connectivity index (χ1v) is 7.68. The number of anilines is 1. The normalized spacial score (nSPS) is 20.3. The highest BCUT2D eigenvalue weighted by Crippen LogP contribution is 2.25. The maximum atomic E-state index is 5.94. The van der Waals surface area contributed by atoms with Gasteiger partial charge in [-0.1, -0.05) is 20.8 Å². The molecule has 2 N–H and O–H groups in total. The van der Waals surface area contributed by atoms with Gasteiger partial charge in [-0.3, -0.25) is 0 Å². The first-order chi connectivity index (χ1) is 9.15. The van der Waals surface area contributed by atoms with Crippen molar-refractivity contribution in [2.75, 3.05) is 18.0 Å². The van der Waals surface area contributed by atoms with Gasteiger partial charge in [-0.05, 0) is 31.6 Å². The molecule has 0 spiro atoms. The number of rotatable bonds is 5. The standard InChI is InChI=1S/C15H28N4/c1-4-13-11-18(10-12(2)3)15(17-13)19-8-6-5-7-14(19)9-16/h11-12,14H,4-10,16H2,1-3H3. The van der Waals surface area contributed by atoms with Gasteiger partial charge in [0.05, 0.1) is 5.69 Å². The number of aromatic nitrogens is 2. The Balaban J connectivity index is 2.27. The summed E-state index contributed by atoms with van der Waals surface area (Å²) in [5.74, 6) is 1.78. The average molecular weight is 264 g/mol. The van der Waals surface area contributed by atoms with E-state index in [9.17, 15) is 0 Å². The van der Waals surface area contributed by atoms with Gasteiger partial charge in [0.25, 0.3) is 0 Å². The van der Waals surface area contributed by atoms with E-state index in [-0.39, 0.29) is 0 Å². The number of aryl methyl sites for hydroxylation is 1. The largest absolute Gasteiger partial charge is 0.338 e. The first kappa shape index (κ1) is 14.4. The smallest absolute Gasteiger partial charge is 0.206 e. The monoisotopic (exact) mass is 264 g/mol. The van der Waals surface area contributed by atoms with Gasteiger partial charge < -0.3 is 15.2 Å². The van der Waals surface area contributed by atoms with Crippen molar-refractivity contribution in [1.29, 1.82) is 0 Å². The van der Waals surface area contributed by atoms with E-state index in [1.165, 1.54) is 25.0 Å². The second-order valence-electron chi connectivity index (χ2n) is 6.01. The fourth-order valence-electron chi connectivity index (χ4n) is 2.90. The Morgan fingerprint density at radius 3 is 2.84 bits per heavy atom. The molecule has 1 aliphatic rings. The Labute approximate surface area is 117 Å². The minimum Gasteiger partial charge on any atom is -0.338 e. The number of nitrogens with two attached hydrogens (primary N) is 1. The van der Waals surface area contributed by atoms with Crippen LogP contribution in [0.3, 0.4) is 0 Å². The lowest BCUT2D eigenvalue weighted by molar-refractivity contribution is 0.441. The summed E-state index contributed by atoms with van der Waals surface area (Å²) in [6.45, 7) is 9.55. The van der Waals surface area contributed by atoms with Crippen LogP contribution in [0.25, 0.3) is 0 Å². The highest BCUT2D eigenvalue weighted by molar-refractivity contribution is 5.36. The van der Waals surface area contributed by atoms with E-state index in [0.29, 0.717) is 12.0 Å². The van der Waals surface area contributed by atoms with Crippen LogP contribution in [0.4, 0.5) is 5.95 Å². The third kappa shape index (κ3) is 3.30. The second kappa shape index (κ2) is 6.42. The molecule has 1 aromatic heterocycles. The molecule has 1 saturated heterocycles. The second-order valence-corrected chi connectivity index (χ2v) is 6.01. The van der Waals surface area contributed by atoms with Gasteiger partial charge in [-0.15, -0.1) is 0 Å². The fraction of sp³-hybridized carbons (Fsp3) is 0.800. The molecule has 0 bridgehead atoms. The van der Waals surface area contributed by atoms with Gasteiger partial charge in [0, 0.05) is 31.9 Å². The van der Waals surface area contributed by atoms with Crippen LogP contribution in [-0.2, 0) is 13.0 Å². The summed E-state index contributed by atoms with van der Waals surface area (Å²) in [5.41, 5.74) is 7.13.